The van der Waals surface area contributed by atoms with E-state index in [0.29, 0.717) is 5.69 Å². The van der Waals surface area contributed by atoms with Gasteiger partial charge in [-0.05, 0) is 62.2 Å². The first-order valence-electron chi connectivity index (χ1n) is 11.0. The molecule has 1 N–H and O–H groups in total. The molecule has 0 spiro atoms. The number of anilines is 2. The lowest BCUT2D eigenvalue weighted by molar-refractivity contribution is -0.122. The van der Waals surface area contributed by atoms with Crippen LogP contribution in [0.4, 0.5) is 11.4 Å². The van der Waals surface area contributed by atoms with Crippen molar-refractivity contribution >= 4 is 33.3 Å². The van der Waals surface area contributed by atoms with Gasteiger partial charge in [-0.2, -0.15) is 0 Å². The second kappa shape index (κ2) is 9.79. The lowest BCUT2D eigenvalue weighted by Gasteiger charge is -2.22. The number of fused-ring (bicyclic) bond motifs is 1. The maximum absolute atomic E-state index is 13.0. The van der Waals surface area contributed by atoms with E-state index in [4.69, 9.17) is 9.47 Å². The smallest absolute Gasteiger partial charge is 0.338 e. The van der Waals surface area contributed by atoms with Gasteiger partial charge in [0.15, 0.2) is 6.61 Å². The van der Waals surface area contributed by atoms with E-state index in [2.05, 4.69) is 4.72 Å². The van der Waals surface area contributed by atoms with Crippen molar-refractivity contribution in [1.82, 2.24) is 0 Å². The Morgan fingerprint density at radius 3 is 2.49 bits per heavy atom. The minimum absolute atomic E-state index is 0.0160. The van der Waals surface area contributed by atoms with E-state index in [0.717, 1.165) is 23.2 Å². The van der Waals surface area contributed by atoms with E-state index >= 15 is 0 Å². The third-order valence-corrected chi connectivity index (χ3v) is 7.20. The van der Waals surface area contributed by atoms with E-state index in [1.54, 1.807) is 29.2 Å². The van der Waals surface area contributed by atoms with Gasteiger partial charge in [0.25, 0.3) is 15.9 Å². The van der Waals surface area contributed by atoms with Crippen LogP contribution >= 0.6 is 0 Å². The molecular weight excluding hydrogens is 468 g/mol. The molecule has 1 heterocycles. The molecule has 0 aliphatic carbocycles. The molecule has 0 saturated heterocycles. The average Bonchev–Trinajstić information content (AvgIpc) is 3.19. The lowest BCUT2D eigenvalue weighted by atomic mass is 10.1. The molecule has 0 unspecified atom stereocenters. The number of hydrogen-bond donors (Lipinski definition) is 1. The number of nitrogens with zero attached hydrogens (tertiary/aromatic N) is 1. The molecule has 182 valence electrons. The summed E-state index contributed by atoms with van der Waals surface area (Å²) in [7, 11) is -2.73. The van der Waals surface area contributed by atoms with E-state index in [9.17, 15) is 18.0 Å². The van der Waals surface area contributed by atoms with Crippen LogP contribution in [-0.2, 0) is 26.0 Å². The number of nitrogens with one attached hydrogen (secondary N) is 1. The Hall–Kier alpha value is -3.85. The van der Waals surface area contributed by atoms with Gasteiger partial charge in [0, 0.05) is 17.4 Å². The first-order chi connectivity index (χ1) is 16.7. The van der Waals surface area contributed by atoms with Crippen LogP contribution in [0.2, 0.25) is 0 Å². The Kier molecular flexibility index (Phi) is 6.79. The highest BCUT2D eigenvalue weighted by atomic mass is 32.2. The maximum Gasteiger partial charge on any atom is 0.338 e. The van der Waals surface area contributed by atoms with Gasteiger partial charge in [0.2, 0.25) is 0 Å². The molecule has 0 radical (unpaired) electrons. The second-order valence-electron chi connectivity index (χ2n) is 8.36. The molecule has 0 saturated carbocycles. The van der Waals surface area contributed by atoms with Gasteiger partial charge in [-0.1, -0.05) is 35.9 Å². The molecule has 35 heavy (non-hydrogen) atoms. The Morgan fingerprint density at radius 2 is 1.77 bits per heavy atom. The molecular formula is C26H26N2O6S. The summed E-state index contributed by atoms with van der Waals surface area (Å²) in [6.45, 7) is 3.36. The van der Waals surface area contributed by atoms with Crippen molar-refractivity contribution in [3.05, 3.63) is 83.4 Å². The minimum atomic E-state index is -4.07. The van der Waals surface area contributed by atoms with Crippen LogP contribution in [0.1, 0.15) is 28.4 Å². The van der Waals surface area contributed by atoms with Crippen molar-refractivity contribution in [3.8, 4) is 5.75 Å². The van der Waals surface area contributed by atoms with E-state index in [1.807, 2.05) is 38.1 Å². The van der Waals surface area contributed by atoms with E-state index in [1.165, 1.54) is 25.3 Å². The largest absolute Gasteiger partial charge is 0.495 e. The summed E-state index contributed by atoms with van der Waals surface area (Å²) in [6.07, 6.45) is 0.726. The number of methoxy groups -OCH3 is 1. The summed E-state index contributed by atoms with van der Waals surface area (Å²) in [5.74, 6) is -1.09. The Bertz CT molecular complexity index is 1370. The number of rotatable bonds is 7. The topological polar surface area (TPSA) is 102 Å². The number of amides is 1. The quantitative estimate of drug-likeness (QED) is 0.499. The van der Waals surface area contributed by atoms with Crippen molar-refractivity contribution in [2.24, 2.45) is 0 Å². The zero-order valence-corrected chi connectivity index (χ0v) is 20.5. The van der Waals surface area contributed by atoms with Crippen LogP contribution in [0.3, 0.4) is 0 Å². The monoisotopic (exact) mass is 494 g/mol. The highest BCUT2D eigenvalue weighted by Gasteiger charge is 2.31. The molecule has 1 amide bonds. The Morgan fingerprint density at radius 1 is 1.06 bits per heavy atom. The number of ether oxygens (including phenoxy) is 2. The minimum Gasteiger partial charge on any atom is -0.495 e. The molecule has 8 nitrogen and oxygen atoms in total. The molecule has 1 aliphatic heterocycles. The van der Waals surface area contributed by atoms with Crippen LogP contribution in [0.15, 0.2) is 71.6 Å². The third-order valence-electron chi connectivity index (χ3n) is 5.80. The van der Waals surface area contributed by atoms with Crippen molar-refractivity contribution in [2.45, 2.75) is 31.2 Å². The number of aryl methyl sites for hydroxylation is 1. The average molecular weight is 495 g/mol. The number of benzene rings is 3. The van der Waals surface area contributed by atoms with Crippen molar-refractivity contribution < 1.29 is 27.5 Å². The lowest BCUT2D eigenvalue weighted by Crippen LogP contribution is -2.38. The molecule has 0 aromatic heterocycles. The predicted molar refractivity (Wildman–Crippen MR) is 132 cm³/mol. The van der Waals surface area contributed by atoms with Gasteiger partial charge >= 0.3 is 5.97 Å². The Balaban J connectivity index is 1.50. The number of sulfonamides is 1. The van der Waals surface area contributed by atoms with Crippen molar-refractivity contribution in [1.29, 1.82) is 0 Å². The number of carbonyl (C=O) groups is 2. The zero-order chi connectivity index (χ0) is 25.2. The predicted octanol–water partition coefficient (Wildman–Crippen LogP) is 3.94. The number of esters is 1. The Labute approximate surface area is 204 Å². The van der Waals surface area contributed by atoms with Crippen molar-refractivity contribution in [3.63, 3.8) is 0 Å². The van der Waals surface area contributed by atoms with Gasteiger partial charge < -0.3 is 14.4 Å². The van der Waals surface area contributed by atoms with Crippen LogP contribution in [0.25, 0.3) is 0 Å². The van der Waals surface area contributed by atoms with Crippen LogP contribution < -0.4 is 14.4 Å². The molecule has 3 aromatic carbocycles. The van der Waals surface area contributed by atoms with E-state index < -0.39 is 22.6 Å². The van der Waals surface area contributed by atoms with Crippen molar-refractivity contribution in [2.75, 3.05) is 23.3 Å². The molecule has 3 aromatic rings. The summed E-state index contributed by atoms with van der Waals surface area (Å²) in [5.41, 5.74) is 3.21. The number of para-hydroxylation sites is 1. The molecule has 1 aliphatic rings. The first-order valence-corrected chi connectivity index (χ1v) is 12.5. The fourth-order valence-corrected chi connectivity index (χ4v) is 5.33. The molecule has 1 atom stereocenters. The second-order valence-corrected chi connectivity index (χ2v) is 10.0. The van der Waals surface area contributed by atoms with Gasteiger partial charge in [-0.3, -0.25) is 9.52 Å². The van der Waals surface area contributed by atoms with Gasteiger partial charge in [-0.25, -0.2) is 13.2 Å². The molecule has 0 fully saturated rings. The highest BCUT2D eigenvalue weighted by Crippen LogP contribution is 2.32. The zero-order valence-electron chi connectivity index (χ0n) is 19.6. The number of hydrogen-bond acceptors (Lipinski definition) is 6. The maximum atomic E-state index is 13.0. The normalized spacial score (nSPS) is 14.8. The third kappa shape index (κ3) is 5.14. The molecule has 0 bridgehead atoms. The SMILES string of the molecule is COc1ccc(C(=O)OCC(=O)N2c3ccccc3C[C@@H]2C)cc1S(=O)(=O)Nc1ccc(C)cc1. The van der Waals surface area contributed by atoms with E-state index in [-0.39, 0.29) is 28.2 Å². The van der Waals surface area contributed by atoms with Crippen LogP contribution in [0, 0.1) is 6.92 Å². The van der Waals surface area contributed by atoms with Gasteiger partial charge in [0.05, 0.1) is 12.7 Å². The van der Waals surface area contributed by atoms with Gasteiger partial charge in [-0.15, -0.1) is 0 Å². The molecule has 9 heteroatoms. The highest BCUT2D eigenvalue weighted by molar-refractivity contribution is 7.92. The summed E-state index contributed by atoms with van der Waals surface area (Å²) in [4.78, 5) is 27.0. The van der Waals surface area contributed by atoms with Crippen LogP contribution in [-0.4, -0.2) is 40.1 Å². The summed E-state index contributed by atoms with van der Waals surface area (Å²) in [6, 6.07) is 18.3. The summed E-state index contributed by atoms with van der Waals surface area (Å²) in [5, 5.41) is 0. The fourth-order valence-electron chi connectivity index (χ4n) is 4.07. The van der Waals surface area contributed by atoms with Gasteiger partial charge in [0.1, 0.15) is 10.6 Å². The number of carbonyl (C=O) groups excluding carboxylic acids is 2. The molecule has 4 rings (SSSR count). The summed E-state index contributed by atoms with van der Waals surface area (Å²) >= 11 is 0. The standard InChI is InChI=1S/C26H26N2O6S/c1-17-8-11-21(12-9-17)27-35(31,32)24-15-20(10-13-23(24)33-3)26(30)34-16-25(29)28-18(2)14-19-6-4-5-7-22(19)28/h4-13,15,18,27H,14,16H2,1-3H3/t18-/m0/s1. The summed E-state index contributed by atoms with van der Waals surface area (Å²) < 4.78 is 39.0. The first kappa shape index (κ1) is 24.3. The fraction of sp³-hybridized carbons (Fsp3) is 0.231. The van der Waals surface area contributed by atoms with Crippen LogP contribution in [0.5, 0.6) is 5.75 Å².